The summed E-state index contributed by atoms with van der Waals surface area (Å²) in [5.74, 6) is 0. The van der Waals surface area contributed by atoms with Gasteiger partial charge in [-0.15, -0.1) is 0 Å². The van der Waals surface area contributed by atoms with Crippen LogP contribution in [-0.4, -0.2) is 32.9 Å². The fraction of sp³-hybridized carbons (Fsp3) is 0.211. The molecule has 0 N–H and O–H groups in total. The zero-order valence-electron chi connectivity index (χ0n) is 13.7. The van der Waals surface area contributed by atoms with Gasteiger partial charge in [-0.05, 0) is 44.8 Å². The maximum absolute atomic E-state index is 4.67. The fourth-order valence-electron chi connectivity index (χ4n) is 3.17. The largest absolute Gasteiger partial charge is 0.315 e. The topological polar surface area (TPSA) is 25.5 Å². The first-order valence-corrected chi connectivity index (χ1v) is 7.81. The summed E-state index contributed by atoms with van der Waals surface area (Å²) in [4.78, 5) is 6.80. The van der Waals surface area contributed by atoms with Gasteiger partial charge in [-0.25, -0.2) is 4.98 Å². The summed E-state index contributed by atoms with van der Waals surface area (Å²) in [5.41, 5.74) is 5.77. The van der Waals surface area contributed by atoms with E-state index in [1.54, 1.807) is 0 Å². The van der Waals surface area contributed by atoms with E-state index in [-0.39, 0.29) is 0 Å². The predicted octanol–water partition coefficient (Wildman–Crippen LogP) is 3.65. The molecule has 0 aliphatic carbocycles. The monoisotopic (exact) mass is 304 g/mol. The van der Waals surface area contributed by atoms with Crippen molar-refractivity contribution in [3.63, 3.8) is 0 Å². The summed E-state index contributed by atoms with van der Waals surface area (Å²) in [5, 5.41) is 1.27. The van der Waals surface area contributed by atoms with Gasteiger partial charge in [-0.1, -0.05) is 18.2 Å². The van der Waals surface area contributed by atoms with E-state index < -0.39 is 0 Å². The van der Waals surface area contributed by atoms with Crippen LogP contribution in [0.5, 0.6) is 0 Å². The number of benzene rings is 1. The summed E-state index contributed by atoms with van der Waals surface area (Å²) < 4.78 is 4.36. The molecule has 0 spiro atoms. The highest BCUT2D eigenvalue weighted by molar-refractivity contribution is 5.84. The van der Waals surface area contributed by atoms with Crippen molar-refractivity contribution in [2.75, 3.05) is 14.1 Å². The zero-order valence-corrected chi connectivity index (χ0v) is 13.7. The van der Waals surface area contributed by atoms with Gasteiger partial charge < -0.3 is 13.9 Å². The number of aromatic nitrogens is 3. The molecule has 0 saturated heterocycles. The fourth-order valence-corrected chi connectivity index (χ4v) is 3.17. The highest BCUT2D eigenvalue weighted by Crippen LogP contribution is 2.24. The molecule has 4 rings (SSSR count). The summed E-state index contributed by atoms with van der Waals surface area (Å²) in [6.45, 7) is 3.01. The Kier molecular flexibility index (Phi) is 3.20. The number of rotatable bonds is 3. The molecule has 0 atom stereocenters. The SMILES string of the molecule is Cc1cccc2ccn(-c3ccc4nc(CN(C)C)cn4c3)c12. The standard InChI is InChI=1S/C19H20N4/c1-14-5-4-6-15-9-10-23(19(14)15)17-7-8-18-20-16(11-21(2)3)12-22(18)13-17/h4-10,12-13H,11H2,1-3H3. The van der Waals surface area contributed by atoms with Crippen LogP contribution in [0.4, 0.5) is 0 Å². The molecule has 1 aromatic carbocycles. The second-order valence-electron chi connectivity index (χ2n) is 6.32. The van der Waals surface area contributed by atoms with E-state index in [1.165, 1.54) is 16.5 Å². The van der Waals surface area contributed by atoms with Crippen LogP contribution in [-0.2, 0) is 6.54 Å². The minimum atomic E-state index is 0.850. The van der Waals surface area contributed by atoms with Gasteiger partial charge in [0.05, 0.1) is 16.9 Å². The Labute approximate surface area is 135 Å². The number of nitrogens with zero attached hydrogens (tertiary/aromatic N) is 4. The molecule has 0 amide bonds. The molecule has 0 bridgehead atoms. The van der Waals surface area contributed by atoms with Crippen molar-refractivity contribution in [1.82, 2.24) is 18.9 Å². The Balaban J connectivity index is 1.84. The lowest BCUT2D eigenvalue weighted by molar-refractivity contribution is 0.398. The highest BCUT2D eigenvalue weighted by Gasteiger charge is 2.08. The second-order valence-corrected chi connectivity index (χ2v) is 6.32. The molecule has 0 aliphatic rings. The second kappa shape index (κ2) is 5.25. The van der Waals surface area contributed by atoms with Gasteiger partial charge in [0.1, 0.15) is 5.65 Å². The molecule has 23 heavy (non-hydrogen) atoms. The number of aryl methyl sites for hydroxylation is 1. The molecule has 0 saturated carbocycles. The van der Waals surface area contributed by atoms with Gasteiger partial charge >= 0.3 is 0 Å². The van der Waals surface area contributed by atoms with E-state index >= 15 is 0 Å². The van der Waals surface area contributed by atoms with Gasteiger partial charge in [0.2, 0.25) is 0 Å². The van der Waals surface area contributed by atoms with Gasteiger partial charge in [0.25, 0.3) is 0 Å². The third-order valence-electron chi connectivity index (χ3n) is 4.15. The first-order chi connectivity index (χ1) is 11.1. The van der Waals surface area contributed by atoms with Gasteiger partial charge in [-0.2, -0.15) is 0 Å². The number of imidazole rings is 1. The molecule has 0 fully saturated rings. The minimum Gasteiger partial charge on any atom is -0.315 e. The molecule has 4 nitrogen and oxygen atoms in total. The number of para-hydroxylation sites is 1. The number of pyridine rings is 1. The maximum Gasteiger partial charge on any atom is 0.137 e. The van der Waals surface area contributed by atoms with E-state index in [0.29, 0.717) is 0 Å². The Bertz CT molecular complexity index is 991. The van der Waals surface area contributed by atoms with Crippen LogP contribution < -0.4 is 0 Å². The zero-order chi connectivity index (χ0) is 16.0. The van der Waals surface area contributed by atoms with E-state index in [1.807, 2.05) is 0 Å². The molecule has 4 heteroatoms. The molecule has 4 aromatic rings. The lowest BCUT2D eigenvalue weighted by atomic mass is 10.2. The van der Waals surface area contributed by atoms with Crippen LogP contribution in [0.1, 0.15) is 11.3 Å². The number of fused-ring (bicyclic) bond motifs is 2. The van der Waals surface area contributed by atoms with Crippen LogP contribution in [0.25, 0.3) is 22.2 Å². The van der Waals surface area contributed by atoms with Crippen molar-refractivity contribution in [3.05, 3.63) is 66.2 Å². The molecule has 3 heterocycles. The Hall–Kier alpha value is -2.59. The average Bonchev–Trinajstić information content (AvgIpc) is 3.09. The summed E-state index contributed by atoms with van der Waals surface area (Å²) in [6.07, 6.45) is 6.39. The van der Waals surface area contributed by atoms with Gasteiger partial charge in [0.15, 0.2) is 0 Å². The predicted molar refractivity (Wildman–Crippen MR) is 94.2 cm³/mol. The molecular weight excluding hydrogens is 284 g/mol. The summed E-state index contributed by atoms with van der Waals surface area (Å²) >= 11 is 0. The van der Waals surface area contributed by atoms with Crippen LogP contribution >= 0.6 is 0 Å². The van der Waals surface area contributed by atoms with Crippen LogP contribution in [0, 0.1) is 6.92 Å². The van der Waals surface area contributed by atoms with Crippen molar-refractivity contribution in [2.45, 2.75) is 13.5 Å². The van der Waals surface area contributed by atoms with Crippen molar-refractivity contribution in [2.24, 2.45) is 0 Å². The summed E-state index contributed by atoms with van der Waals surface area (Å²) in [6, 6.07) is 12.8. The first kappa shape index (κ1) is 14.0. The van der Waals surface area contributed by atoms with Crippen molar-refractivity contribution >= 4 is 16.6 Å². The lowest BCUT2D eigenvalue weighted by Crippen LogP contribution is -2.10. The number of hydrogen-bond donors (Lipinski definition) is 0. The Morgan fingerprint density at radius 2 is 1.91 bits per heavy atom. The Morgan fingerprint density at radius 1 is 1.04 bits per heavy atom. The average molecular weight is 304 g/mol. The van der Waals surface area contributed by atoms with Crippen molar-refractivity contribution in [1.29, 1.82) is 0 Å². The first-order valence-electron chi connectivity index (χ1n) is 7.81. The van der Waals surface area contributed by atoms with E-state index in [2.05, 4.69) is 94.9 Å². The maximum atomic E-state index is 4.67. The molecule has 116 valence electrons. The van der Waals surface area contributed by atoms with Gasteiger partial charge in [0, 0.05) is 30.5 Å². The molecule has 3 aromatic heterocycles. The lowest BCUT2D eigenvalue weighted by Gasteiger charge is -2.08. The third kappa shape index (κ3) is 2.41. The normalized spacial score (nSPS) is 11.8. The highest BCUT2D eigenvalue weighted by atomic mass is 15.1. The summed E-state index contributed by atoms with van der Waals surface area (Å²) in [7, 11) is 4.12. The number of hydrogen-bond acceptors (Lipinski definition) is 2. The quantitative estimate of drug-likeness (QED) is 0.577. The van der Waals surface area contributed by atoms with Crippen molar-refractivity contribution < 1.29 is 0 Å². The van der Waals surface area contributed by atoms with E-state index in [9.17, 15) is 0 Å². The minimum absolute atomic E-state index is 0.850. The molecule has 0 aliphatic heterocycles. The molecular formula is C19H20N4. The smallest absolute Gasteiger partial charge is 0.137 e. The van der Waals surface area contributed by atoms with Crippen molar-refractivity contribution in [3.8, 4) is 5.69 Å². The van der Waals surface area contributed by atoms with Crippen LogP contribution in [0.15, 0.2) is 55.0 Å². The van der Waals surface area contributed by atoms with Crippen LogP contribution in [0.2, 0.25) is 0 Å². The van der Waals surface area contributed by atoms with E-state index in [4.69, 9.17) is 0 Å². The molecule has 0 radical (unpaired) electrons. The van der Waals surface area contributed by atoms with Gasteiger partial charge in [-0.3, -0.25) is 0 Å². The van der Waals surface area contributed by atoms with Crippen LogP contribution in [0.3, 0.4) is 0 Å². The Morgan fingerprint density at radius 3 is 2.74 bits per heavy atom. The molecule has 0 unspecified atom stereocenters. The van der Waals surface area contributed by atoms with E-state index in [0.717, 1.165) is 23.6 Å². The third-order valence-corrected chi connectivity index (χ3v) is 4.15.